The molecule has 1 N–H and O–H groups in total. The number of aromatic nitrogens is 4. The zero-order valence-corrected chi connectivity index (χ0v) is 11.8. The van der Waals surface area contributed by atoms with Crippen LogP contribution in [0.25, 0.3) is 5.82 Å². The molecule has 3 rings (SSSR count). The van der Waals surface area contributed by atoms with Crippen molar-refractivity contribution in [1.29, 1.82) is 0 Å². The third-order valence-corrected chi connectivity index (χ3v) is 2.91. The molecule has 3 heterocycles. The highest BCUT2D eigenvalue weighted by Gasteiger charge is 2.10. The number of carbonyl (C=O) groups excluding carboxylic acids is 1. The monoisotopic (exact) mass is 295 g/mol. The van der Waals surface area contributed by atoms with Crippen LogP contribution in [0.15, 0.2) is 55.0 Å². The van der Waals surface area contributed by atoms with Gasteiger partial charge in [0.05, 0.1) is 7.11 Å². The van der Waals surface area contributed by atoms with Gasteiger partial charge in [0.25, 0.3) is 5.91 Å². The molecule has 0 aliphatic heterocycles. The lowest BCUT2D eigenvalue weighted by molar-refractivity contribution is 0.102. The fourth-order valence-electron chi connectivity index (χ4n) is 1.87. The smallest absolute Gasteiger partial charge is 0.275 e. The maximum Gasteiger partial charge on any atom is 0.275 e. The molecule has 0 radical (unpaired) electrons. The number of hydrogen-bond acceptors (Lipinski definition) is 5. The minimum atomic E-state index is -0.352. The largest absolute Gasteiger partial charge is 0.497 e. The summed E-state index contributed by atoms with van der Waals surface area (Å²) in [6.45, 7) is 0. The van der Waals surface area contributed by atoms with Crippen LogP contribution in [0, 0.1) is 0 Å². The molecule has 0 aromatic carbocycles. The van der Waals surface area contributed by atoms with E-state index in [4.69, 9.17) is 4.74 Å². The molecule has 0 aliphatic carbocycles. The van der Waals surface area contributed by atoms with E-state index in [0.29, 0.717) is 17.4 Å². The molecule has 0 saturated carbocycles. The van der Waals surface area contributed by atoms with Crippen LogP contribution in [-0.4, -0.2) is 32.8 Å². The molecule has 0 saturated heterocycles. The molecule has 7 heteroatoms. The van der Waals surface area contributed by atoms with Crippen LogP contribution in [0.4, 0.5) is 5.82 Å². The predicted molar refractivity (Wildman–Crippen MR) is 80.1 cm³/mol. The molecule has 110 valence electrons. The van der Waals surface area contributed by atoms with Crippen molar-refractivity contribution in [3.05, 3.63) is 60.7 Å². The van der Waals surface area contributed by atoms with Crippen molar-refractivity contribution in [2.75, 3.05) is 12.4 Å². The lowest BCUT2D eigenvalue weighted by atomic mass is 10.3. The van der Waals surface area contributed by atoms with Gasteiger partial charge in [-0.1, -0.05) is 6.07 Å². The van der Waals surface area contributed by atoms with Crippen LogP contribution >= 0.6 is 0 Å². The summed E-state index contributed by atoms with van der Waals surface area (Å²) in [6.07, 6.45) is 4.96. The van der Waals surface area contributed by atoms with Crippen LogP contribution in [0.1, 0.15) is 10.5 Å². The number of hydrogen-bond donors (Lipinski definition) is 1. The molecule has 0 bridgehead atoms. The highest BCUT2D eigenvalue weighted by Crippen LogP contribution is 2.14. The number of rotatable bonds is 4. The Morgan fingerprint density at radius 2 is 2.14 bits per heavy atom. The van der Waals surface area contributed by atoms with E-state index in [-0.39, 0.29) is 11.6 Å². The molecule has 3 aromatic heterocycles. The third-order valence-electron chi connectivity index (χ3n) is 2.91. The maximum absolute atomic E-state index is 12.3. The average Bonchev–Trinajstić information content (AvgIpc) is 3.09. The summed E-state index contributed by atoms with van der Waals surface area (Å²) in [5, 5.41) is 6.77. The first-order chi connectivity index (χ1) is 10.8. The van der Waals surface area contributed by atoms with Crippen molar-refractivity contribution >= 4 is 11.7 Å². The SMILES string of the molecule is COc1ccnc(NC(=O)c2cccc(-n3cccn3)n2)c1. The maximum atomic E-state index is 12.3. The zero-order valence-electron chi connectivity index (χ0n) is 11.8. The number of nitrogens with one attached hydrogen (secondary N) is 1. The van der Waals surface area contributed by atoms with Crippen LogP contribution in [-0.2, 0) is 0 Å². The zero-order chi connectivity index (χ0) is 15.4. The van der Waals surface area contributed by atoms with Crippen molar-refractivity contribution in [3.8, 4) is 11.6 Å². The summed E-state index contributed by atoms with van der Waals surface area (Å²) in [5.74, 6) is 1.23. The molecule has 7 nitrogen and oxygen atoms in total. The summed E-state index contributed by atoms with van der Waals surface area (Å²) < 4.78 is 6.68. The lowest BCUT2D eigenvalue weighted by Gasteiger charge is -2.07. The van der Waals surface area contributed by atoms with E-state index in [1.165, 1.54) is 0 Å². The Morgan fingerprint density at radius 3 is 2.91 bits per heavy atom. The van der Waals surface area contributed by atoms with Gasteiger partial charge in [-0.2, -0.15) is 5.10 Å². The Kier molecular flexibility index (Phi) is 3.78. The first-order valence-corrected chi connectivity index (χ1v) is 6.55. The summed E-state index contributed by atoms with van der Waals surface area (Å²) in [4.78, 5) is 20.6. The highest BCUT2D eigenvalue weighted by atomic mass is 16.5. The van der Waals surface area contributed by atoms with Gasteiger partial charge in [-0.05, 0) is 24.3 Å². The van der Waals surface area contributed by atoms with Gasteiger partial charge in [0.1, 0.15) is 17.3 Å². The Morgan fingerprint density at radius 1 is 1.23 bits per heavy atom. The normalized spacial score (nSPS) is 10.2. The van der Waals surface area contributed by atoms with Gasteiger partial charge in [-0.25, -0.2) is 14.6 Å². The molecule has 0 aliphatic rings. The molecule has 22 heavy (non-hydrogen) atoms. The Hall–Kier alpha value is -3.22. The standard InChI is InChI=1S/C15H13N5O2/c1-22-11-6-8-16-13(10-11)19-15(21)12-4-2-5-14(18-12)20-9-3-7-17-20/h2-10H,1H3,(H,16,19,21). The van der Waals surface area contributed by atoms with E-state index >= 15 is 0 Å². The second-order valence-corrected chi connectivity index (χ2v) is 4.37. The number of carbonyl (C=O) groups is 1. The van der Waals surface area contributed by atoms with Crippen molar-refractivity contribution in [2.45, 2.75) is 0 Å². The van der Waals surface area contributed by atoms with Crippen molar-refractivity contribution in [3.63, 3.8) is 0 Å². The van der Waals surface area contributed by atoms with Gasteiger partial charge in [0.2, 0.25) is 0 Å². The van der Waals surface area contributed by atoms with E-state index in [9.17, 15) is 4.79 Å². The quantitative estimate of drug-likeness (QED) is 0.795. The molecule has 0 spiro atoms. The fraction of sp³-hybridized carbons (Fsp3) is 0.0667. The number of nitrogens with zero attached hydrogens (tertiary/aromatic N) is 4. The van der Waals surface area contributed by atoms with Crippen molar-refractivity contribution in [2.24, 2.45) is 0 Å². The first-order valence-electron chi connectivity index (χ1n) is 6.55. The summed E-state index contributed by atoms with van der Waals surface area (Å²) in [5.41, 5.74) is 0.276. The first kappa shape index (κ1) is 13.7. The lowest BCUT2D eigenvalue weighted by Crippen LogP contribution is -2.15. The summed E-state index contributed by atoms with van der Waals surface area (Å²) >= 11 is 0. The van der Waals surface area contributed by atoms with Crippen LogP contribution in [0.3, 0.4) is 0 Å². The Labute approximate surface area is 126 Å². The van der Waals surface area contributed by atoms with Crippen LogP contribution < -0.4 is 10.1 Å². The molecule has 1 amide bonds. The van der Waals surface area contributed by atoms with E-state index < -0.39 is 0 Å². The van der Waals surface area contributed by atoms with Gasteiger partial charge in [0.15, 0.2) is 5.82 Å². The van der Waals surface area contributed by atoms with E-state index in [1.54, 1.807) is 66.8 Å². The minimum Gasteiger partial charge on any atom is -0.497 e. The van der Waals surface area contributed by atoms with Gasteiger partial charge >= 0.3 is 0 Å². The molecule has 3 aromatic rings. The average molecular weight is 295 g/mol. The number of methoxy groups -OCH3 is 1. The van der Waals surface area contributed by atoms with Crippen molar-refractivity contribution in [1.82, 2.24) is 19.7 Å². The number of amides is 1. The third kappa shape index (κ3) is 2.93. The number of ether oxygens (including phenoxy) is 1. The van der Waals surface area contributed by atoms with Crippen molar-refractivity contribution < 1.29 is 9.53 Å². The van der Waals surface area contributed by atoms with Gasteiger partial charge in [-0.3, -0.25) is 4.79 Å². The summed E-state index contributed by atoms with van der Waals surface area (Å²) in [6, 6.07) is 10.3. The van der Waals surface area contributed by atoms with Gasteiger partial charge in [0, 0.05) is 24.7 Å². The molecular weight excluding hydrogens is 282 g/mol. The second-order valence-electron chi connectivity index (χ2n) is 4.37. The molecular formula is C15H13N5O2. The van der Waals surface area contributed by atoms with Gasteiger partial charge in [-0.15, -0.1) is 0 Å². The Balaban J connectivity index is 1.81. The van der Waals surface area contributed by atoms with Crippen LogP contribution in [0.5, 0.6) is 5.75 Å². The predicted octanol–water partition coefficient (Wildman–Crippen LogP) is 1.92. The summed E-state index contributed by atoms with van der Waals surface area (Å²) in [7, 11) is 1.55. The molecule has 0 unspecified atom stereocenters. The van der Waals surface area contributed by atoms with Crippen LogP contribution in [0.2, 0.25) is 0 Å². The number of pyridine rings is 2. The molecule has 0 fully saturated rings. The van der Waals surface area contributed by atoms with Gasteiger partial charge < -0.3 is 10.1 Å². The Bertz CT molecular complexity index is 786. The minimum absolute atomic E-state index is 0.276. The second kappa shape index (κ2) is 6.04. The fourth-order valence-corrected chi connectivity index (χ4v) is 1.87. The van der Waals surface area contributed by atoms with E-state index in [0.717, 1.165) is 0 Å². The van der Waals surface area contributed by atoms with E-state index in [2.05, 4.69) is 20.4 Å². The van der Waals surface area contributed by atoms with E-state index in [1.807, 2.05) is 0 Å². The highest BCUT2D eigenvalue weighted by molar-refractivity contribution is 6.02. The molecule has 0 atom stereocenters. The number of anilines is 1. The topological polar surface area (TPSA) is 81.9 Å².